The Kier molecular flexibility index (Phi) is 13.5. The molecule has 10 heteroatoms. The molecule has 0 heterocycles. The minimum Gasteiger partial charge on any atom is -0.691 e. The van der Waals surface area contributed by atoms with Crippen LogP contribution in [0.4, 0.5) is 8.78 Å². The summed E-state index contributed by atoms with van der Waals surface area (Å²) >= 11 is 2.43. The van der Waals surface area contributed by atoms with Gasteiger partial charge in [-0.15, -0.1) is 0 Å². The molecule has 90 valence electrons. The van der Waals surface area contributed by atoms with Crippen molar-refractivity contribution in [3.8, 4) is 0 Å². The Hall–Kier alpha value is 1.04. The Bertz CT molecular complexity index is 200. The van der Waals surface area contributed by atoms with E-state index in [0.717, 1.165) is 0 Å². The third kappa shape index (κ3) is 9.11. The molecular formula is C6H8BrF2NaO5S. The van der Waals surface area contributed by atoms with Gasteiger partial charge in [-0.25, -0.2) is 4.79 Å². The van der Waals surface area contributed by atoms with Gasteiger partial charge in [0.15, 0.2) is 0 Å². The molecule has 0 fully saturated rings. The smallest absolute Gasteiger partial charge is 0.691 e. The molecule has 0 atom stereocenters. The summed E-state index contributed by atoms with van der Waals surface area (Å²) < 4.78 is 32.9. The zero-order valence-electron chi connectivity index (χ0n) is 8.41. The van der Waals surface area contributed by atoms with Gasteiger partial charge >= 0.3 is 40.8 Å². The number of unbranched alkanes of at least 4 members (excludes halogenated alkanes) is 1. The number of esters is 1. The van der Waals surface area contributed by atoms with E-state index in [0.29, 0.717) is 18.2 Å². The molecule has 16 heavy (non-hydrogen) atoms. The van der Waals surface area contributed by atoms with E-state index in [-0.39, 0.29) is 36.2 Å². The summed E-state index contributed by atoms with van der Waals surface area (Å²) in [5.74, 6) is -1.76. The number of hydrogen-bond acceptors (Lipinski definition) is 6. The zero-order valence-corrected chi connectivity index (χ0v) is 12.8. The minimum absolute atomic E-state index is 0. The van der Waals surface area contributed by atoms with Crippen molar-refractivity contribution in [2.45, 2.75) is 18.1 Å². The molecule has 5 nitrogen and oxygen atoms in total. The molecule has 0 aromatic heterocycles. The van der Waals surface area contributed by atoms with Gasteiger partial charge in [0.1, 0.15) is 12.0 Å². The summed E-state index contributed by atoms with van der Waals surface area (Å²) in [6.07, 6.45) is 1.17. The van der Waals surface area contributed by atoms with Crippen LogP contribution in [0.5, 0.6) is 0 Å². The molecule has 0 aliphatic heterocycles. The molecular weight excluding hydrogens is 325 g/mol. The minimum atomic E-state index is -3.95. The van der Waals surface area contributed by atoms with E-state index in [1.165, 1.54) is 0 Å². The fourth-order valence-corrected chi connectivity index (χ4v) is 1.17. The van der Waals surface area contributed by atoms with Crippen molar-refractivity contribution >= 4 is 33.9 Å². The first-order valence-corrected chi connectivity index (χ1v) is 5.66. The molecule has 0 rings (SSSR count). The topological polar surface area (TPSA) is 67.8 Å². The Balaban J connectivity index is 0. The molecule has 0 bridgehead atoms. The Morgan fingerprint density at radius 2 is 2.06 bits per heavy atom. The largest absolute Gasteiger partial charge is 1.00 e. The predicted octanol–water partition coefficient (Wildman–Crippen LogP) is -1.83. The molecule has 0 aliphatic carbocycles. The molecule has 0 aromatic carbocycles. The average Bonchev–Trinajstić information content (AvgIpc) is 2.21. The fourth-order valence-electron chi connectivity index (χ4n) is 0.536. The third-order valence-electron chi connectivity index (χ3n) is 1.17. The van der Waals surface area contributed by atoms with E-state index < -0.39 is 23.3 Å². The molecule has 0 N–H and O–H groups in total. The summed E-state index contributed by atoms with van der Waals surface area (Å²) in [6, 6.07) is 0. The van der Waals surface area contributed by atoms with Crippen molar-refractivity contribution in [1.29, 1.82) is 0 Å². The second-order valence-corrected chi connectivity index (χ2v) is 3.88. The summed E-state index contributed by atoms with van der Waals surface area (Å²) in [4.78, 5) is 10.7. The van der Waals surface area contributed by atoms with Gasteiger partial charge < -0.3 is 9.99 Å². The molecule has 0 aliphatic rings. The second kappa shape index (κ2) is 11.1. The van der Waals surface area contributed by atoms with E-state index >= 15 is 0 Å². The summed E-state index contributed by atoms with van der Waals surface area (Å²) in [7, 11) is 0. The fraction of sp³-hybridized carbons (Fsp3) is 0.833. The van der Waals surface area contributed by atoms with Gasteiger partial charge in [-0.05, 0) is 12.8 Å². The second-order valence-electron chi connectivity index (χ2n) is 2.27. The van der Waals surface area contributed by atoms with Crippen LogP contribution >= 0.6 is 28.0 Å². The monoisotopic (exact) mass is 332 g/mol. The summed E-state index contributed by atoms with van der Waals surface area (Å²) in [5, 5.41) is 8.71. The van der Waals surface area contributed by atoms with E-state index in [1.54, 1.807) is 0 Å². The maximum Gasteiger partial charge on any atom is 1.00 e. The van der Waals surface area contributed by atoms with E-state index in [2.05, 4.69) is 30.0 Å². The van der Waals surface area contributed by atoms with Gasteiger partial charge in [0.25, 0.3) is 0 Å². The van der Waals surface area contributed by atoms with Crippen molar-refractivity contribution in [1.82, 2.24) is 0 Å². The number of carbonyl (C=O) groups is 1. The quantitative estimate of drug-likeness (QED) is 0.0991. The number of carbonyl (C=O) groups excluding carboxylic acids is 1. The van der Waals surface area contributed by atoms with Gasteiger partial charge in [-0.2, -0.15) is 13.1 Å². The van der Waals surface area contributed by atoms with Gasteiger partial charge in [-0.3, -0.25) is 5.04 Å². The Morgan fingerprint density at radius 3 is 2.56 bits per heavy atom. The molecule has 0 unspecified atom stereocenters. The van der Waals surface area contributed by atoms with Crippen LogP contribution in [0.2, 0.25) is 0 Å². The molecule has 0 amide bonds. The number of hydrogen-bond donors (Lipinski definition) is 0. The Morgan fingerprint density at radius 1 is 1.44 bits per heavy atom. The summed E-state index contributed by atoms with van der Waals surface area (Å²) in [6.45, 7) is -0.112. The van der Waals surface area contributed by atoms with Crippen molar-refractivity contribution in [3.63, 3.8) is 0 Å². The summed E-state index contributed by atoms with van der Waals surface area (Å²) in [5.41, 5.74) is 0. The van der Waals surface area contributed by atoms with Crippen molar-refractivity contribution in [2.75, 3.05) is 11.9 Å². The van der Waals surface area contributed by atoms with Crippen LogP contribution in [0.1, 0.15) is 12.8 Å². The number of alkyl halides is 3. The number of halogens is 3. The van der Waals surface area contributed by atoms with Gasteiger partial charge in [-0.1, -0.05) is 15.9 Å². The van der Waals surface area contributed by atoms with E-state index in [4.69, 9.17) is 0 Å². The number of rotatable bonds is 8. The van der Waals surface area contributed by atoms with Crippen LogP contribution in [0.15, 0.2) is 0 Å². The normalized spacial score (nSPS) is 10.8. The molecule has 0 saturated carbocycles. The first-order chi connectivity index (χ1) is 7.04. The van der Waals surface area contributed by atoms with Gasteiger partial charge in [0, 0.05) is 5.33 Å². The SMILES string of the molecule is O=C(OCCCCBr)C(F)(F)SOO[O-].[Na+]. The number of ether oxygens (including phenoxy) is 1. The van der Waals surface area contributed by atoms with Crippen LogP contribution in [0.25, 0.3) is 0 Å². The first kappa shape index (κ1) is 19.4. The first-order valence-electron chi connectivity index (χ1n) is 3.80. The Labute approximate surface area is 126 Å². The third-order valence-corrected chi connectivity index (χ3v) is 2.23. The maximum atomic E-state index is 12.6. The standard InChI is InChI=1S/C6H9BrF2O5S.Na/c7-3-1-2-4-12-5(10)6(8,9)15-14-13-11;/h11H,1-4H2;/q;+1/p-1. The maximum absolute atomic E-state index is 12.6. The zero-order chi connectivity index (χ0) is 11.7. The molecule has 0 saturated heterocycles. The van der Waals surface area contributed by atoms with Crippen LogP contribution in [-0.4, -0.2) is 23.2 Å². The van der Waals surface area contributed by atoms with Gasteiger partial charge in [0.05, 0.1) is 6.61 Å². The van der Waals surface area contributed by atoms with Crippen LogP contribution in [0, 0.1) is 0 Å². The van der Waals surface area contributed by atoms with Crippen LogP contribution in [-0.2, 0) is 18.9 Å². The predicted molar refractivity (Wildman–Crippen MR) is 48.7 cm³/mol. The van der Waals surface area contributed by atoms with Crippen molar-refractivity contribution in [2.24, 2.45) is 0 Å². The van der Waals surface area contributed by atoms with Crippen molar-refractivity contribution < 1.29 is 62.5 Å². The van der Waals surface area contributed by atoms with Crippen LogP contribution in [0.3, 0.4) is 0 Å². The van der Waals surface area contributed by atoms with E-state index in [1.807, 2.05) is 0 Å². The van der Waals surface area contributed by atoms with E-state index in [9.17, 15) is 18.8 Å². The van der Waals surface area contributed by atoms with Crippen molar-refractivity contribution in [3.05, 3.63) is 0 Å². The molecule has 0 spiro atoms. The van der Waals surface area contributed by atoms with Gasteiger partial charge in [0.2, 0.25) is 0 Å². The van der Waals surface area contributed by atoms with Crippen LogP contribution < -0.4 is 34.8 Å². The molecule has 0 radical (unpaired) electrons. The molecule has 0 aromatic rings. The average molecular weight is 333 g/mol.